The van der Waals surface area contributed by atoms with Crippen LogP contribution in [0.5, 0.6) is 5.75 Å². The van der Waals surface area contributed by atoms with Crippen LogP contribution in [0.3, 0.4) is 0 Å². The number of nitrogens with zero attached hydrogens (tertiary/aromatic N) is 2. The normalized spacial score (nSPS) is 23.5. The number of phenolic OH excluding ortho intramolecular Hbond substituents is 1. The number of carbonyl (C=O) groups excluding carboxylic acids is 1. The van der Waals surface area contributed by atoms with Crippen molar-refractivity contribution < 1.29 is 24.1 Å². The summed E-state index contributed by atoms with van der Waals surface area (Å²) >= 11 is 0. The van der Waals surface area contributed by atoms with Gasteiger partial charge in [0.15, 0.2) is 5.79 Å². The number of hydrogen-bond donors (Lipinski definition) is 3. The monoisotopic (exact) mass is 444 g/mol. The van der Waals surface area contributed by atoms with Crippen LogP contribution in [0.2, 0.25) is 0 Å². The van der Waals surface area contributed by atoms with Crippen LogP contribution in [-0.4, -0.2) is 64.7 Å². The number of para-hydroxylation sites is 1. The second-order valence-electron chi connectivity index (χ2n) is 9.39. The second-order valence-corrected chi connectivity index (χ2v) is 9.39. The first-order valence-corrected chi connectivity index (χ1v) is 10.9. The highest BCUT2D eigenvalue weighted by Gasteiger charge is 2.48. The van der Waals surface area contributed by atoms with Crippen molar-refractivity contribution in [3.63, 3.8) is 0 Å². The first-order valence-electron chi connectivity index (χ1n) is 10.9. The molecule has 0 radical (unpaired) electrons. The highest BCUT2D eigenvalue weighted by Crippen LogP contribution is 2.39. The number of amides is 1. The second kappa shape index (κ2) is 8.22. The summed E-state index contributed by atoms with van der Waals surface area (Å²) in [5.74, 6) is -0.300. The zero-order chi connectivity index (χ0) is 23.1. The number of phenols is 1. The number of hydrogen-bond acceptors (Lipinski definition) is 8. The van der Waals surface area contributed by atoms with Gasteiger partial charge >= 0.3 is 6.09 Å². The number of piperidine rings is 1. The molecule has 1 spiro atoms. The van der Waals surface area contributed by atoms with E-state index >= 15 is 0 Å². The highest BCUT2D eigenvalue weighted by molar-refractivity contribution is 5.73. The summed E-state index contributed by atoms with van der Waals surface area (Å²) in [6, 6.07) is 6.74. The summed E-state index contributed by atoms with van der Waals surface area (Å²) in [4.78, 5) is 16.6. The predicted molar refractivity (Wildman–Crippen MR) is 119 cm³/mol. The molecule has 5 N–H and O–H groups in total. The number of fused-ring (bicyclic) bond motifs is 1. The van der Waals surface area contributed by atoms with Gasteiger partial charge in [0.1, 0.15) is 17.2 Å². The summed E-state index contributed by atoms with van der Waals surface area (Å²) in [5, 5.41) is 10.2. The van der Waals surface area contributed by atoms with Gasteiger partial charge in [0, 0.05) is 30.6 Å². The van der Waals surface area contributed by atoms with E-state index < -0.39 is 17.5 Å². The van der Waals surface area contributed by atoms with E-state index in [0.29, 0.717) is 56.1 Å². The topological polar surface area (TPSA) is 124 Å². The molecule has 3 aliphatic heterocycles. The average molecular weight is 445 g/mol. The third kappa shape index (κ3) is 4.35. The molecule has 1 aromatic rings. The number of aromatic hydroxyl groups is 1. The SMILES string of the molecule is CC(C)(C)OC(=O)N1CC2CC3(CCN2C(/C=C(\N)c2ccccc2O)=C1N)OCCO3. The van der Waals surface area contributed by atoms with Gasteiger partial charge in [0.2, 0.25) is 0 Å². The molecule has 0 aromatic heterocycles. The number of rotatable bonds is 2. The molecule has 9 nitrogen and oxygen atoms in total. The Morgan fingerprint density at radius 1 is 1.28 bits per heavy atom. The maximum absolute atomic E-state index is 13.0. The van der Waals surface area contributed by atoms with E-state index in [2.05, 4.69) is 4.90 Å². The lowest BCUT2D eigenvalue weighted by molar-refractivity contribution is -0.195. The van der Waals surface area contributed by atoms with Gasteiger partial charge in [-0.3, -0.25) is 4.90 Å². The lowest BCUT2D eigenvalue weighted by Gasteiger charge is -2.49. The van der Waals surface area contributed by atoms with Crippen LogP contribution in [0, 0.1) is 0 Å². The molecule has 0 bridgehead atoms. The van der Waals surface area contributed by atoms with Gasteiger partial charge in [0.25, 0.3) is 0 Å². The molecule has 0 aliphatic carbocycles. The Bertz CT molecular complexity index is 946. The molecule has 174 valence electrons. The maximum Gasteiger partial charge on any atom is 0.416 e. The van der Waals surface area contributed by atoms with Crippen molar-refractivity contribution >= 4 is 11.8 Å². The minimum absolute atomic E-state index is 0.0714. The Morgan fingerprint density at radius 3 is 2.62 bits per heavy atom. The third-order valence-corrected chi connectivity index (χ3v) is 5.91. The van der Waals surface area contributed by atoms with E-state index in [4.69, 9.17) is 25.7 Å². The summed E-state index contributed by atoms with van der Waals surface area (Å²) < 4.78 is 17.5. The summed E-state index contributed by atoms with van der Waals surface area (Å²) in [7, 11) is 0. The average Bonchev–Trinajstić information content (AvgIpc) is 3.16. The van der Waals surface area contributed by atoms with Crippen molar-refractivity contribution in [1.82, 2.24) is 9.80 Å². The molecular formula is C23H32N4O5. The summed E-state index contributed by atoms with van der Waals surface area (Å²) in [6.45, 7) is 7.55. The fourth-order valence-electron chi connectivity index (χ4n) is 4.47. The fourth-order valence-corrected chi connectivity index (χ4v) is 4.47. The summed E-state index contributed by atoms with van der Waals surface area (Å²) in [6.07, 6.45) is 2.46. The number of allylic oxidation sites excluding steroid dienone is 1. The van der Waals surface area contributed by atoms with Gasteiger partial charge in [-0.15, -0.1) is 0 Å². The van der Waals surface area contributed by atoms with Gasteiger partial charge in [-0.1, -0.05) is 12.1 Å². The smallest absolute Gasteiger partial charge is 0.416 e. The van der Waals surface area contributed by atoms with E-state index in [1.165, 1.54) is 4.90 Å². The molecule has 1 amide bonds. The predicted octanol–water partition coefficient (Wildman–Crippen LogP) is 2.28. The molecule has 2 saturated heterocycles. The Hall–Kier alpha value is -2.91. The first kappa shape index (κ1) is 22.3. The molecule has 2 fully saturated rings. The maximum atomic E-state index is 13.0. The molecule has 9 heteroatoms. The van der Waals surface area contributed by atoms with Crippen molar-refractivity contribution in [1.29, 1.82) is 0 Å². The van der Waals surface area contributed by atoms with Crippen LogP contribution in [0.25, 0.3) is 5.70 Å². The highest BCUT2D eigenvalue weighted by atomic mass is 16.7. The number of ether oxygens (including phenoxy) is 3. The molecule has 3 aliphatic rings. The number of benzene rings is 1. The first-order chi connectivity index (χ1) is 15.1. The molecular weight excluding hydrogens is 412 g/mol. The van der Waals surface area contributed by atoms with Gasteiger partial charge in [-0.2, -0.15) is 0 Å². The van der Waals surface area contributed by atoms with Crippen molar-refractivity contribution in [2.45, 2.75) is 51.0 Å². The lowest BCUT2D eigenvalue weighted by Crippen LogP contribution is -2.59. The van der Waals surface area contributed by atoms with Gasteiger partial charge in [-0.05, 0) is 39.0 Å². The lowest BCUT2D eigenvalue weighted by atomic mass is 9.92. The van der Waals surface area contributed by atoms with Gasteiger partial charge in [0.05, 0.1) is 31.5 Å². The van der Waals surface area contributed by atoms with Crippen LogP contribution in [0.4, 0.5) is 4.79 Å². The number of carbonyl (C=O) groups is 1. The minimum Gasteiger partial charge on any atom is -0.507 e. The van der Waals surface area contributed by atoms with Crippen molar-refractivity contribution in [2.24, 2.45) is 11.5 Å². The van der Waals surface area contributed by atoms with Crippen LogP contribution >= 0.6 is 0 Å². The van der Waals surface area contributed by atoms with Crippen LogP contribution < -0.4 is 11.5 Å². The quantitative estimate of drug-likeness (QED) is 0.635. The fraction of sp³-hybridized carbons (Fsp3) is 0.522. The Kier molecular flexibility index (Phi) is 5.72. The van der Waals surface area contributed by atoms with Crippen LogP contribution in [0.15, 0.2) is 41.9 Å². The Balaban J connectivity index is 1.71. The van der Waals surface area contributed by atoms with Crippen LogP contribution in [0.1, 0.15) is 39.2 Å². The van der Waals surface area contributed by atoms with Crippen molar-refractivity contribution in [3.05, 3.63) is 47.4 Å². The molecule has 32 heavy (non-hydrogen) atoms. The van der Waals surface area contributed by atoms with Gasteiger partial charge in [-0.25, -0.2) is 4.79 Å². The molecule has 4 rings (SSSR count). The standard InChI is InChI=1S/C23H32N4O5/c1-22(2,3)32-21(29)27-14-15-13-23(30-10-11-31-23)8-9-26(15)18(20(27)25)12-17(24)16-6-4-5-7-19(16)28/h4-7,12,15,28H,8-11,13-14,24-25H2,1-3H3/b17-12-. The van der Waals surface area contributed by atoms with Crippen molar-refractivity contribution in [3.8, 4) is 5.75 Å². The van der Waals surface area contributed by atoms with Crippen LogP contribution in [-0.2, 0) is 14.2 Å². The zero-order valence-electron chi connectivity index (χ0n) is 18.8. The molecule has 1 atom stereocenters. The summed E-state index contributed by atoms with van der Waals surface area (Å²) in [5.41, 5.74) is 13.6. The van der Waals surface area contributed by atoms with E-state index in [1.807, 2.05) is 20.8 Å². The largest absolute Gasteiger partial charge is 0.507 e. The molecule has 0 saturated carbocycles. The van der Waals surface area contributed by atoms with E-state index in [1.54, 1.807) is 30.3 Å². The van der Waals surface area contributed by atoms with E-state index in [0.717, 1.165) is 0 Å². The minimum atomic E-state index is -0.662. The zero-order valence-corrected chi connectivity index (χ0v) is 18.8. The third-order valence-electron chi connectivity index (χ3n) is 5.91. The van der Waals surface area contributed by atoms with E-state index in [-0.39, 0.29) is 17.6 Å². The molecule has 1 aromatic carbocycles. The van der Waals surface area contributed by atoms with Crippen molar-refractivity contribution in [2.75, 3.05) is 26.3 Å². The Morgan fingerprint density at radius 2 is 1.97 bits per heavy atom. The number of nitrogens with two attached hydrogens (primary N) is 2. The molecule has 3 heterocycles. The Labute approximate surface area is 188 Å². The molecule has 1 unspecified atom stereocenters. The van der Waals surface area contributed by atoms with Gasteiger partial charge < -0.3 is 35.7 Å². The van der Waals surface area contributed by atoms with E-state index in [9.17, 15) is 9.90 Å².